The molecule has 1 aromatic carbocycles. The van der Waals surface area contributed by atoms with Crippen molar-refractivity contribution in [3.63, 3.8) is 0 Å². The number of carbonyl (C=O) groups is 1. The largest absolute Gasteiger partial charge is 0.412 e. The number of nitrogens with two attached hydrogens (primary N) is 1. The van der Waals surface area contributed by atoms with Gasteiger partial charge in [-0.1, -0.05) is 24.3 Å². The molecule has 1 aliphatic rings. The van der Waals surface area contributed by atoms with Crippen LogP contribution in [0.4, 0.5) is 5.69 Å². The fourth-order valence-corrected chi connectivity index (χ4v) is 3.15. The second kappa shape index (κ2) is 9.48. The normalized spacial score (nSPS) is 18.5. The molecule has 8 nitrogen and oxygen atoms in total. The molecule has 3 rings (SSSR count). The van der Waals surface area contributed by atoms with Crippen LogP contribution in [0, 0.1) is 0 Å². The molecule has 0 spiro atoms. The van der Waals surface area contributed by atoms with Crippen molar-refractivity contribution in [1.29, 1.82) is 0 Å². The van der Waals surface area contributed by atoms with E-state index in [0.717, 1.165) is 30.7 Å². The van der Waals surface area contributed by atoms with Gasteiger partial charge in [-0.15, -0.1) is 5.10 Å². The van der Waals surface area contributed by atoms with E-state index in [1.54, 1.807) is 24.3 Å². The molecule has 2 aromatic rings. The van der Waals surface area contributed by atoms with E-state index < -0.39 is 0 Å². The van der Waals surface area contributed by atoms with Crippen molar-refractivity contribution in [2.75, 3.05) is 11.9 Å². The Morgan fingerprint density at radius 1 is 1.36 bits per heavy atom. The average Bonchev–Trinajstić information content (AvgIpc) is 3.10. The van der Waals surface area contributed by atoms with Gasteiger partial charge in [0, 0.05) is 5.69 Å². The number of fused-ring (bicyclic) bond motifs is 1. The summed E-state index contributed by atoms with van der Waals surface area (Å²) < 4.78 is 7.92. The monoisotopic (exact) mass is 385 g/mol. The first-order valence-electron chi connectivity index (χ1n) is 9.59. The number of rotatable bonds is 7. The number of hydrogen-bond donors (Lipinski definition) is 2. The van der Waals surface area contributed by atoms with E-state index in [1.807, 2.05) is 4.68 Å². The van der Waals surface area contributed by atoms with Crippen molar-refractivity contribution < 1.29 is 14.4 Å². The lowest BCUT2D eigenvalue weighted by Gasteiger charge is -2.19. The number of allylic oxidation sites excluding steroid dienone is 1. The number of nitrogens with one attached hydrogen (secondary N) is 1. The highest BCUT2D eigenvalue weighted by Gasteiger charge is 2.25. The van der Waals surface area contributed by atoms with Crippen molar-refractivity contribution in [2.24, 2.45) is 5.90 Å². The molecular weight excluding hydrogens is 358 g/mol. The minimum absolute atomic E-state index is 0.0662. The van der Waals surface area contributed by atoms with Crippen LogP contribution in [0.15, 0.2) is 36.4 Å². The SMILES string of the molecule is CCC(C)n1nnc2c1CC/C=C\CC2OCC(=O)Nc1ccc(ON)cc1. The van der Waals surface area contributed by atoms with Crippen LogP contribution in [-0.2, 0) is 16.0 Å². The second-order valence-electron chi connectivity index (χ2n) is 6.86. The molecule has 0 bridgehead atoms. The maximum atomic E-state index is 12.3. The van der Waals surface area contributed by atoms with E-state index >= 15 is 0 Å². The lowest BCUT2D eigenvalue weighted by atomic mass is 10.0. The second-order valence-corrected chi connectivity index (χ2v) is 6.86. The highest BCUT2D eigenvalue weighted by molar-refractivity contribution is 5.91. The molecule has 1 aromatic heterocycles. The van der Waals surface area contributed by atoms with E-state index in [-0.39, 0.29) is 24.7 Å². The van der Waals surface area contributed by atoms with E-state index in [4.69, 9.17) is 10.6 Å². The van der Waals surface area contributed by atoms with Crippen LogP contribution in [0.25, 0.3) is 0 Å². The number of anilines is 1. The quantitative estimate of drug-likeness (QED) is 0.561. The molecule has 0 saturated carbocycles. The molecular formula is C20H27N5O3. The Morgan fingerprint density at radius 2 is 2.14 bits per heavy atom. The topological polar surface area (TPSA) is 104 Å². The Morgan fingerprint density at radius 3 is 2.86 bits per heavy atom. The summed E-state index contributed by atoms with van der Waals surface area (Å²) in [6, 6.07) is 7.07. The first kappa shape index (κ1) is 20.0. The number of amides is 1. The van der Waals surface area contributed by atoms with Crippen molar-refractivity contribution in [3.05, 3.63) is 47.8 Å². The molecule has 0 radical (unpaired) electrons. The van der Waals surface area contributed by atoms with Gasteiger partial charge in [-0.3, -0.25) is 4.79 Å². The zero-order valence-corrected chi connectivity index (χ0v) is 16.3. The highest BCUT2D eigenvalue weighted by Crippen LogP contribution is 2.28. The number of nitrogens with zero attached hydrogens (tertiary/aromatic N) is 3. The molecule has 150 valence electrons. The first-order valence-corrected chi connectivity index (χ1v) is 9.59. The molecule has 0 saturated heterocycles. The van der Waals surface area contributed by atoms with Crippen LogP contribution in [0.5, 0.6) is 5.75 Å². The Bertz CT molecular complexity index is 816. The van der Waals surface area contributed by atoms with E-state index in [0.29, 0.717) is 17.9 Å². The van der Waals surface area contributed by atoms with Gasteiger partial charge in [0.25, 0.3) is 0 Å². The highest BCUT2D eigenvalue weighted by atomic mass is 16.6. The smallest absolute Gasteiger partial charge is 0.250 e. The molecule has 0 aliphatic heterocycles. The van der Waals surface area contributed by atoms with Gasteiger partial charge in [-0.05, 0) is 56.9 Å². The molecule has 1 heterocycles. The summed E-state index contributed by atoms with van der Waals surface area (Å²) in [7, 11) is 0. The first-order chi connectivity index (χ1) is 13.6. The molecule has 0 fully saturated rings. The van der Waals surface area contributed by atoms with Crippen molar-refractivity contribution >= 4 is 11.6 Å². The number of carbonyl (C=O) groups excluding carboxylic acids is 1. The summed E-state index contributed by atoms with van der Waals surface area (Å²) in [5.41, 5.74) is 2.58. The van der Waals surface area contributed by atoms with Crippen LogP contribution in [0.2, 0.25) is 0 Å². The minimum Gasteiger partial charge on any atom is -0.412 e. The predicted molar refractivity (Wildman–Crippen MR) is 106 cm³/mol. The van der Waals surface area contributed by atoms with Gasteiger partial charge in [0.15, 0.2) is 0 Å². The Kier molecular flexibility index (Phi) is 6.78. The fourth-order valence-electron chi connectivity index (χ4n) is 3.15. The third-order valence-corrected chi connectivity index (χ3v) is 4.89. The summed E-state index contributed by atoms with van der Waals surface area (Å²) in [6.07, 6.45) is 7.41. The third kappa shape index (κ3) is 4.76. The summed E-state index contributed by atoms with van der Waals surface area (Å²) >= 11 is 0. The van der Waals surface area contributed by atoms with Crippen LogP contribution in [0.1, 0.15) is 56.6 Å². The summed E-state index contributed by atoms with van der Waals surface area (Å²) in [5.74, 6) is 5.39. The standard InChI is InChI=1S/C20H27N5O3/c1-3-14(2)25-17-7-5-4-6-8-18(20(17)23-24-25)27-13-19(26)22-15-9-11-16(28-21)12-10-15/h4,6,9-12,14,18H,3,5,7-8,13,21H2,1-2H3,(H,22,26)/b6-4-. The molecule has 2 unspecified atom stereocenters. The number of hydrogen-bond acceptors (Lipinski definition) is 6. The molecule has 3 N–H and O–H groups in total. The molecule has 1 aliphatic carbocycles. The van der Waals surface area contributed by atoms with Gasteiger partial charge in [0.2, 0.25) is 5.91 Å². The fraction of sp³-hybridized carbons (Fsp3) is 0.450. The molecule has 8 heteroatoms. The zero-order chi connectivity index (χ0) is 19.9. The van der Waals surface area contributed by atoms with Gasteiger partial charge < -0.3 is 14.9 Å². The number of benzene rings is 1. The number of ether oxygens (including phenoxy) is 1. The maximum absolute atomic E-state index is 12.3. The summed E-state index contributed by atoms with van der Waals surface area (Å²) in [4.78, 5) is 16.9. The summed E-state index contributed by atoms with van der Waals surface area (Å²) in [6.45, 7) is 4.20. The average molecular weight is 385 g/mol. The Balaban J connectivity index is 1.65. The minimum atomic E-state index is -0.289. The van der Waals surface area contributed by atoms with Crippen LogP contribution < -0.4 is 16.1 Å². The van der Waals surface area contributed by atoms with Gasteiger partial charge in [-0.2, -0.15) is 5.90 Å². The van der Waals surface area contributed by atoms with E-state index in [2.05, 4.69) is 46.5 Å². The Labute approximate surface area is 164 Å². The lowest BCUT2D eigenvalue weighted by molar-refractivity contribution is -0.122. The van der Waals surface area contributed by atoms with E-state index in [9.17, 15) is 4.79 Å². The third-order valence-electron chi connectivity index (χ3n) is 4.89. The van der Waals surface area contributed by atoms with Crippen molar-refractivity contribution in [2.45, 2.75) is 51.7 Å². The van der Waals surface area contributed by atoms with Crippen LogP contribution in [-0.4, -0.2) is 27.5 Å². The van der Waals surface area contributed by atoms with Gasteiger partial charge in [0.05, 0.1) is 11.7 Å². The Hall–Kier alpha value is -2.71. The predicted octanol–water partition coefficient (Wildman–Crippen LogP) is 3.09. The molecule has 2 atom stereocenters. The van der Waals surface area contributed by atoms with Crippen molar-refractivity contribution in [1.82, 2.24) is 15.0 Å². The summed E-state index contributed by atoms with van der Waals surface area (Å²) in [5, 5.41) is 11.5. The van der Waals surface area contributed by atoms with Gasteiger partial charge >= 0.3 is 0 Å². The molecule has 28 heavy (non-hydrogen) atoms. The van der Waals surface area contributed by atoms with Gasteiger partial charge in [0.1, 0.15) is 24.2 Å². The zero-order valence-electron chi connectivity index (χ0n) is 16.3. The molecule has 1 amide bonds. The van der Waals surface area contributed by atoms with Crippen LogP contribution in [0.3, 0.4) is 0 Å². The van der Waals surface area contributed by atoms with Gasteiger partial charge in [-0.25, -0.2) is 4.68 Å². The van der Waals surface area contributed by atoms with Crippen molar-refractivity contribution in [3.8, 4) is 5.75 Å². The van der Waals surface area contributed by atoms with Crippen LogP contribution >= 0.6 is 0 Å². The lowest BCUT2D eigenvalue weighted by Crippen LogP contribution is -2.21. The maximum Gasteiger partial charge on any atom is 0.250 e. The van der Waals surface area contributed by atoms with E-state index in [1.165, 1.54) is 0 Å². The number of aromatic nitrogens is 3.